The molecule has 1 saturated carbocycles. The van der Waals surface area contributed by atoms with Crippen molar-refractivity contribution >= 4 is 0 Å². The molecule has 0 bridgehead atoms. The Morgan fingerprint density at radius 3 is 2.00 bits per heavy atom. The van der Waals surface area contributed by atoms with Crippen LogP contribution in [0, 0.1) is 11.3 Å². The molecule has 0 spiro atoms. The second-order valence-corrected chi connectivity index (χ2v) is 8.17. The highest BCUT2D eigenvalue weighted by Crippen LogP contribution is 2.40. The summed E-state index contributed by atoms with van der Waals surface area (Å²) in [6.07, 6.45) is 11.0. The lowest BCUT2D eigenvalue weighted by atomic mass is 9.69. The van der Waals surface area contributed by atoms with E-state index in [0.29, 0.717) is 5.41 Å². The van der Waals surface area contributed by atoms with Crippen molar-refractivity contribution in [3.05, 3.63) is 0 Å². The first-order valence-electron chi connectivity index (χ1n) is 9.53. The maximum atomic E-state index is 3.98. The van der Waals surface area contributed by atoms with Crippen LogP contribution in [0.25, 0.3) is 0 Å². The fraction of sp³-hybridized carbons (Fsp3) is 1.00. The third-order valence-electron chi connectivity index (χ3n) is 6.34. The molecule has 21 heavy (non-hydrogen) atoms. The molecule has 2 rings (SSSR count). The standard InChI is InChI=1S/C19H38N2/c1-5-13-21-14-11-18(12-15-21)20-17-9-7-16(8-10-17)19(3,4)6-2/h16-18,20H,5-15H2,1-4H3. The van der Waals surface area contributed by atoms with E-state index in [4.69, 9.17) is 0 Å². The van der Waals surface area contributed by atoms with Crippen LogP contribution in [0.4, 0.5) is 0 Å². The topological polar surface area (TPSA) is 15.3 Å². The smallest absolute Gasteiger partial charge is 0.00940 e. The lowest BCUT2D eigenvalue weighted by molar-refractivity contribution is 0.125. The van der Waals surface area contributed by atoms with Crippen molar-refractivity contribution in [3.8, 4) is 0 Å². The normalized spacial score (nSPS) is 29.7. The number of rotatable bonds is 6. The highest BCUT2D eigenvalue weighted by Gasteiger charge is 2.32. The molecule has 1 N–H and O–H groups in total. The summed E-state index contributed by atoms with van der Waals surface area (Å²) in [6.45, 7) is 13.5. The monoisotopic (exact) mass is 294 g/mol. The fourth-order valence-corrected chi connectivity index (χ4v) is 4.30. The van der Waals surface area contributed by atoms with Crippen molar-refractivity contribution in [3.63, 3.8) is 0 Å². The summed E-state index contributed by atoms with van der Waals surface area (Å²) in [4.78, 5) is 2.64. The summed E-state index contributed by atoms with van der Waals surface area (Å²) in [5.41, 5.74) is 0.552. The Labute approximate surface area is 133 Å². The zero-order valence-electron chi connectivity index (χ0n) is 15.0. The van der Waals surface area contributed by atoms with E-state index in [-0.39, 0.29) is 0 Å². The van der Waals surface area contributed by atoms with Gasteiger partial charge in [-0.05, 0) is 75.9 Å². The molecular weight excluding hydrogens is 256 g/mol. The Hall–Kier alpha value is -0.0800. The largest absolute Gasteiger partial charge is 0.311 e. The van der Waals surface area contributed by atoms with Crippen LogP contribution in [0.15, 0.2) is 0 Å². The Balaban J connectivity index is 1.68. The zero-order chi connectivity index (χ0) is 15.3. The van der Waals surface area contributed by atoms with Crippen molar-refractivity contribution in [1.82, 2.24) is 10.2 Å². The maximum Gasteiger partial charge on any atom is 0.00940 e. The predicted octanol–water partition coefficient (Wildman–Crippen LogP) is 4.45. The van der Waals surface area contributed by atoms with Gasteiger partial charge in [0.25, 0.3) is 0 Å². The van der Waals surface area contributed by atoms with Crippen LogP contribution in [-0.4, -0.2) is 36.6 Å². The lowest BCUT2D eigenvalue weighted by Gasteiger charge is -2.41. The molecule has 1 heterocycles. The van der Waals surface area contributed by atoms with Gasteiger partial charge in [0, 0.05) is 12.1 Å². The highest BCUT2D eigenvalue weighted by atomic mass is 15.1. The minimum Gasteiger partial charge on any atom is -0.311 e. The van der Waals surface area contributed by atoms with Crippen LogP contribution < -0.4 is 5.32 Å². The van der Waals surface area contributed by atoms with Crippen LogP contribution in [0.2, 0.25) is 0 Å². The second kappa shape index (κ2) is 7.97. The molecule has 0 atom stereocenters. The summed E-state index contributed by atoms with van der Waals surface area (Å²) in [5.74, 6) is 0.951. The van der Waals surface area contributed by atoms with Gasteiger partial charge in [-0.3, -0.25) is 0 Å². The van der Waals surface area contributed by atoms with Gasteiger partial charge in [-0.2, -0.15) is 0 Å². The van der Waals surface area contributed by atoms with Crippen molar-refractivity contribution in [1.29, 1.82) is 0 Å². The number of nitrogens with zero attached hydrogens (tertiary/aromatic N) is 1. The Morgan fingerprint density at radius 2 is 1.48 bits per heavy atom. The minimum atomic E-state index is 0.552. The van der Waals surface area contributed by atoms with Gasteiger partial charge in [0.15, 0.2) is 0 Å². The van der Waals surface area contributed by atoms with Crippen LogP contribution in [-0.2, 0) is 0 Å². The van der Waals surface area contributed by atoms with E-state index in [1.165, 1.54) is 71.0 Å². The Morgan fingerprint density at radius 1 is 0.905 bits per heavy atom. The molecule has 0 aromatic rings. The SMILES string of the molecule is CCCN1CCC(NC2CCC(C(C)(C)CC)CC2)CC1. The predicted molar refractivity (Wildman–Crippen MR) is 92.7 cm³/mol. The first-order chi connectivity index (χ1) is 10.0. The van der Waals surface area contributed by atoms with Crippen molar-refractivity contribution in [2.45, 2.75) is 91.1 Å². The van der Waals surface area contributed by atoms with Gasteiger partial charge in [-0.1, -0.05) is 34.1 Å². The third-order valence-corrected chi connectivity index (χ3v) is 6.34. The molecule has 1 aliphatic heterocycles. The van der Waals surface area contributed by atoms with Gasteiger partial charge < -0.3 is 10.2 Å². The molecule has 0 aromatic carbocycles. The van der Waals surface area contributed by atoms with Gasteiger partial charge in [-0.15, -0.1) is 0 Å². The van der Waals surface area contributed by atoms with Gasteiger partial charge >= 0.3 is 0 Å². The van der Waals surface area contributed by atoms with Crippen LogP contribution in [0.5, 0.6) is 0 Å². The third kappa shape index (κ3) is 4.96. The average Bonchev–Trinajstić information content (AvgIpc) is 2.50. The number of hydrogen-bond acceptors (Lipinski definition) is 2. The summed E-state index contributed by atoms with van der Waals surface area (Å²) < 4.78 is 0. The molecule has 0 radical (unpaired) electrons. The van der Waals surface area contributed by atoms with Gasteiger partial charge in [0.2, 0.25) is 0 Å². The summed E-state index contributed by atoms with van der Waals surface area (Å²) in [6, 6.07) is 1.59. The van der Waals surface area contributed by atoms with Crippen LogP contribution in [0.3, 0.4) is 0 Å². The van der Waals surface area contributed by atoms with Gasteiger partial charge in [0.05, 0.1) is 0 Å². The number of nitrogens with one attached hydrogen (secondary N) is 1. The quantitative estimate of drug-likeness (QED) is 0.779. The molecule has 1 aliphatic carbocycles. The molecule has 2 heteroatoms. The van der Waals surface area contributed by atoms with E-state index in [1.807, 2.05) is 0 Å². The highest BCUT2D eigenvalue weighted by molar-refractivity contribution is 4.87. The molecule has 0 aromatic heterocycles. The first-order valence-corrected chi connectivity index (χ1v) is 9.53. The second-order valence-electron chi connectivity index (χ2n) is 8.17. The lowest BCUT2D eigenvalue weighted by Crippen LogP contribution is -2.47. The summed E-state index contributed by atoms with van der Waals surface area (Å²) >= 11 is 0. The van der Waals surface area contributed by atoms with Crippen LogP contribution in [0.1, 0.15) is 79.1 Å². The number of hydrogen-bond donors (Lipinski definition) is 1. The summed E-state index contributed by atoms with van der Waals surface area (Å²) in [5, 5.41) is 3.98. The molecular formula is C19H38N2. The molecule has 124 valence electrons. The van der Waals surface area contributed by atoms with E-state index in [0.717, 1.165) is 18.0 Å². The first kappa shape index (κ1) is 17.3. The van der Waals surface area contributed by atoms with Gasteiger partial charge in [0.1, 0.15) is 0 Å². The van der Waals surface area contributed by atoms with E-state index in [2.05, 4.69) is 37.9 Å². The molecule has 2 aliphatic rings. The average molecular weight is 295 g/mol. The molecule has 1 saturated heterocycles. The minimum absolute atomic E-state index is 0.552. The molecule has 2 fully saturated rings. The van der Waals surface area contributed by atoms with E-state index in [9.17, 15) is 0 Å². The fourth-order valence-electron chi connectivity index (χ4n) is 4.30. The maximum absolute atomic E-state index is 3.98. The molecule has 2 nitrogen and oxygen atoms in total. The Bertz CT molecular complexity index is 284. The number of piperidine rings is 1. The molecule has 0 unspecified atom stereocenters. The van der Waals surface area contributed by atoms with E-state index >= 15 is 0 Å². The Kier molecular flexibility index (Phi) is 6.55. The van der Waals surface area contributed by atoms with E-state index < -0.39 is 0 Å². The van der Waals surface area contributed by atoms with Crippen molar-refractivity contribution in [2.75, 3.05) is 19.6 Å². The number of likely N-dealkylation sites (tertiary alicyclic amines) is 1. The van der Waals surface area contributed by atoms with E-state index in [1.54, 1.807) is 0 Å². The molecule has 0 amide bonds. The van der Waals surface area contributed by atoms with Crippen LogP contribution >= 0.6 is 0 Å². The van der Waals surface area contributed by atoms with Crippen molar-refractivity contribution in [2.24, 2.45) is 11.3 Å². The zero-order valence-corrected chi connectivity index (χ0v) is 15.0. The van der Waals surface area contributed by atoms with Crippen molar-refractivity contribution < 1.29 is 0 Å². The van der Waals surface area contributed by atoms with Gasteiger partial charge in [-0.25, -0.2) is 0 Å². The summed E-state index contributed by atoms with van der Waals surface area (Å²) in [7, 11) is 0.